The number of ether oxygens (including phenoxy) is 1. The maximum Gasteiger partial charge on any atom is 0.443 e. The highest BCUT2D eigenvalue weighted by Gasteiger charge is 2.38. The van der Waals surface area contributed by atoms with Gasteiger partial charge in [-0.2, -0.15) is 13.2 Å². The van der Waals surface area contributed by atoms with Crippen LogP contribution in [0, 0.1) is 0 Å². The van der Waals surface area contributed by atoms with E-state index in [1.807, 2.05) is 0 Å². The Kier molecular flexibility index (Phi) is 3.92. The lowest BCUT2D eigenvalue weighted by Crippen LogP contribution is -2.38. The molecular formula is C9H11F3N4O2S. The quantitative estimate of drug-likeness (QED) is 0.474. The van der Waals surface area contributed by atoms with Gasteiger partial charge in [-0.05, 0) is 0 Å². The maximum absolute atomic E-state index is 12.7. The number of thiazole rings is 1. The van der Waals surface area contributed by atoms with Crippen molar-refractivity contribution in [1.29, 1.82) is 0 Å². The van der Waals surface area contributed by atoms with Gasteiger partial charge in [-0.1, -0.05) is 11.3 Å². The number of halogens is 3. The summed E-state index contributed by atoms with van der Waals surface area (Å²) in [5.74, 6) is 4.12. The fourth-order valence-electron chi connectivity index (χ4n) is 1.63. The van der Waals surface area contributed by atoms with E-state index < -0.39 is 17.1 Å². The van der Waals surface area contributed by atoms with Crippen LogP contribution < -0.4 is 16.2 Å². The fraction of sp³-hybridized carbons (Fsp3) is 0.556. The second-order valence-corrected chi connectivity index (χ2v) is 4.72. The number of nitrogen functional groups attached to an aromatic ring is 1. The molecule has 0 aromatic carbocycles. The first kappa shape index (κ1) is 14.0. The van der Waals surface area contributed by atoms with Crippen molar-refractivity contribution in [2.75, 3.05) is 31.2 Å². The molecule has 1 aliphatic heterocycles. The minimum Gasteiger partial charge on any atom is -0.378 e. The summed E-state index contributed by atoms with van der Waals surface area (Å²) in [6.07, 6.45) is -4.58. The Bertz CT molecular complexity index is 471. The van der Waals surface area contributed by atoms with Crippen molar-refractivity contribution in [3.63, 3.8) is 0 Å². The number of morpholine rings is 1. The van der Waals surface area contributed by atoms with Crippen LogP contribution in [-0.4, -0.2) is 37.2 Å². The first-order valence-electron chi connectivity index (χ1n) is 5.35. The highest BCUT2D eigenvalue weighted by Crippen LogP contribution is 2.38. The number of nitrogens with zero attached hydrogens (tertiary/aromatic N) is 2. The van der Waals surface area contributed by atoms with Crippen molar-refractivity contribution >= 4 is 22.2 Å². The van der Waals surface area contributed by atoms with E-state index in [4.69, 9.17) is 10.6 Å². The third-order valence-electron chi connectivity index (χ3n) is 2.50. The number of anilines is 1. The van der Waals surface area contributed by atoms with Gasteiger partial charge in [0.2, 0.25) is 5.01 Å². The number of hydrogen-bond acceptors (Lipinski definition) is 6. The highest BCUT2D eigenvalue weighted by molar-refractivity contribution is 7.16. The molecule has 1 fully saturated rings. The standard InChI is InChI=1S/C9H11F3N4O2S/c10-9(11,12)8-14-5(6(17)15-13)7(19-8)16-1-3-18-4-2-16/h1-4,13H2,(H,15,17). The zero-order valence-corrected chi connectivity index (χ0v) is 10.5. The molecule has 6 nitrogen and oxygen atoms in total. The average Bonchev–Trinajstić information content (AvgIpc) is 2.83. The van der Waals surface area contributed by atoms with E-state index in [-0.39, 0.29) is 10.7 Å². The minimum atomic E-state index is -4.58. The van der Waals surface area contributed by atoms with Gasteiger partial charge in [-0.25, -0.2) is 10.8 Å². The van der Waals surface area contributed by atoms with E-state index in [9.17, 15) is 18.0 Å². The van der Waals surface area contributed by atoms with Crippen LogP contribution in [0.2, 0.25) is 0 Å². The van der Waals surface area contributed by atoms with Crippen molar-refractivity contribution in [2.24, 2.45) is 5.84 Å². The summed E-state index contributed by atoms with van der Waals surface area (Å²) in [5.41, 5.74) is 1.50. The lowest BCUT2D eigenvalue weighted by atomic mass is 10.3. The smallest absolute Gasteiger partial charge is 0.378 e. The Morgan fingerprint density at radius 1 is 1.42 bits per heavy atom. The number of carbonyl (C=O) groups is 1. The molecule has 3 N–H and O–H groups in total. The number of rotatable bonds is 2. The molecule has 19 heavy (non-hydrogen) atoms. The van der Waals surface area contributed by atoms with Gasteiger partial charge >= 0.3 is 6.18 Å². The summed E-state index contributed by atoms with van der Waals surface area (Å²) in [4.78, 5) is 16.5. The summed E-state index contributed by atoms with van der Waals surface area (Å²) in [6.45, 7) is 1.60. The molecule has 1 aliphatic rings. The van der Waals surface area contributed by atoms with Crippen LogP contribution in [0.15, 0.2) is 0 Å². The summed E-state index contributed by atoms with van der Waals surface area (Å²) in [7, 11) is 0. The molecule has 2 heterocycles. The summed E-state index contributed by atoms with van der Waals surface area (Å²) in [5, 5.41) is -0.897. The van der Waals surface area contributed by atoms with Gasteiger partial charge in [0.15, 0.2) is 5.69 Å². The van der Waals surface area contributed by atoms with Crippen LogP contribution in [0.4, 0.5) is 18.2 Å². The number of carbonyl (C=O) groups excluding carboxylic acids is 1. The van der Waals surface area contributed by atoms with Crippen molar-refractivity contribution < 1.29 is 22.7 Å². The predicted octanol–water partition coefficient (Wildman–Crippen LogP) is 0.602. The van der Waals surface area contributed by atoms with Crippen molar-refractivity contribution in [3.05, 3.63) is 10.7 Å². The van der Waals surface area contributed by atoms with Crippen LogP contribution in [0.1, 0.15) is 15.5 Å². The topological polar surface area (TPSA) is 80.5 Å². The lowest BCUT2D eigenvalue weighted by Gasteiger charge is -2.27. The zero-order valence-electron chi connectivity index (χ0n) is 9.66. The molecule has 1 aromatic heterocycles. The molecule has 106 valence electrons. The SMILES string of the molecule is NNC(=O)c1nc(C(F)(F)F)sc1N1CCOCC1. The molecule has 1 amide bonds. The predicted molar refractivity (Wildman–Crippen MR) is 61.8 cm³/mol. The first-order valence-corrected chi connectivity index (χ1v) is 6.17. The number of hydrazine groups is 1. The molecule has 0 unspecified atom stereocenters. The Labute approximate surface area is 110 Å². The average molecular weight is 296 g/mol. The van der Waals surface area contributed by atoms with Gasteiger partial charge < -0.3 is 9.64 Å². The van der Waals surface area contributed by atoms with E-state index in [1.165, 1.54) is 0 Å². The molecular weight excluding hydrogens is 285 g/mol. The van der Waals surface area contributed by atoms with Crippen molar-refractivity contribution in [1.82, 2.24) is 10.4 Å². The van der Waals surface area contributed by atoms with E-state index in [0.717, 1.165) is 0 Å². The van der Waals surface area contributed by atoms with Crippen LogP contribution in [-0.2, 0) is 10.9 Å². The molecule has 0 saturated carbocycles. The molecule has 0 radical (unpaired) electrons. The van der Waals surface area contributed by atoms with Gasteiger partial charge in [0, 0.05) is 13.1 Å². The number of nitrogens with two attached hydrogens (primary N) is 1. The number of amides is 1. The maximum atomic E-state index is 12.7. The van der Waals surface area contributed by atoms with Gasteiger partial charge in [0.1, 0.15) is 5.00 Å². The summed E-state index contributed by atoms with van der Waals surface area (Å²) in [6, 6.07) is 0. The third kappa shape index (κ3) is 2.96. The molecule has 2 rings (SSSR count). The molecule has 0 atom stereocenters. The largest absolute Gasteiger partial charge is 0.443 e. The fourth-order valence-corrected chi connectivity index (χ4v) is 2.61. The van der Waals surface area contributed by atoms with Crippen LogP contribution >= 0.6 is 11.3 Å². The zero-order chi connectivity index (χ0) is 14.0. The molecule has 1 saturated heterocycles. The monoisotopic (exact) mass is 296 g/mol. The normalized spacial score (nSPS) is 16.5. The van der Waals surface area contributed by atoms with Crippen molar-refractivity contribution in [2.45, 2.75) is 6.18 Å². The third-order valence-corrected chi connectivity index (χ3v) is 3.66. The van der Waals surface area contributed by atoms with E-state index in [0.29, 0.717) is 37.6 Å². The van der Waals surface area contributed by atoms with Gasteiger partial charge in [0.25, 0.3) is 5.91 Å². The molecule has 0 aliphatic carbocycles. The molecule has 0 spiro atoms. The van der Waals surface area contributed by atoms with Gasteiger partial charge in [-0.15, -0.1) is 0 Å². The molecule has 0 bridgehead atoms. The van der Waals surface area contributed by atoms with E-state index in [2.05, 4.69) is 4.98 Å². The lowest BCUT2D eigenvalue weighted by molar-refractivity contribution is -0.137. The number of hydrogen-bond donors (Lipinski definition) is 2. The van der Waals surface area contributed by atoms with Gasteiger partial charge in [0.05, 0.1) is 13.2 Å². The van der Waals surface area contributed by atoms with Crippen LogP contribution in [0.25, 0.3) is 0 Å². The Hall–Kier alpha value is -1.39. The molecule has 1 aromatic rings. The molecule has 10 heteroatoms. The van der Waals surface area contributed by atoms with Crippen LogP contribution in [0.5, 0.6) is 0 Å². The second kappa shape index (κ2) is 5.31. The highest BCUT2D eigenvalue weighted by atomic mass is 32.1. The number of nitrogens with one attached hydrogen (secondary N) is 1. The Morgan fingerprint density at radius 3 is 2.58 bits per heavy atom. The van der Waals surface area contributed by atoms with E-state index in [1.54, 1.807) is 10.3 Å². The van der Waals surface area contributed by atoms with Crippen molar-refractivity contribution in [3.8, 4) is 0 Å². The van der Waals surface area contributed by atoms with E-state index >= 15 is 0 Å². The van der Waals surface area contributed by atoms with Crippen LogP contribution in [0.3, 0.4) is 0 Å². The van der Waals surface area contributed by atoms with Gasteiger partial charge in [-0.3, -0.25) is 10.2 Å². The summed E-state index contributed by atoms with van der Waals surface area (Å²) < 4.78 is 43.1. The minimum absolute atomic E-state index is 0.165. The Morgan fingerprint density at radius 2 is 2.05 bits per heavy atom. The number of aromatic nitrogens is 1. The first-order chi connectivity index (χ1) is 8.93. The summed E-state index contributed by atoms with van der Waals surface area (Å²) >= 11 is 0.435. The number of alkyl halides is 3. The second-order valence-electron chi connectivity index (χ2n) is 3.74. The Balaban J connectivity index is 2.38.